The normalized spacial score (nSPS) is 12.5. The second kappa shape index (κ2) is 8.55. The highest BCUT2D eigenvalue weighted by Crippen LogP contribution is 2.22. The molecule has 26 heavy (non-hydrogen) atoms. The molecule has 0 unspecified atom stereocenters. The van der Waals surface area contributed by atoms with E-state index in [1.807, 2.05) is 13.8 Å². The molecule has 2 N–H and O–H groups in total. The van der Waals surface area contributed by atoms with E-state index in [9.17, 15) is 13.2 Å². The summed E-state index contributed by atoms with van der Waals surface area (Å²) in [5.41, 5.74) is 0.457. The number of benzene rings is 2. The minimum Gasteiger partial charge on any atom is -0.481 e. The topological polar surface area (TPSA) is 84.5 Å². The molecule has 1 atom stereocenters. The van der Waals surface area contributed by atoms with Crippen LogP contribution in [0, 0.1) is 0 Å². The average Bonchev–Trinajstić information content (AvgIpc) is 2.54. The van der Waals surface area contributed by atoms with Gasteiger partial charge in [-0.2, -0.15) is 0 Å². The number of carbonyl (C=O) groups excluding carboxylic acids is 1. The molecule has 0 aliphatic heterocycles. The number of sulfonamides is 1. The van der Waals surface area contributed by atoms with Crippen molar-refractivity contribution in [3.8, 4) is 5.75 Å². The van der Waals surface area contributed by atoms with Gasteiger partial charge in [0.15, 0.2) is 6.10 Å². The van der Waals surface area contributed by atoms with Gasteiger partial charge in [-0.15, -0.1) is 0 Å². The lowest BCUT2D eigenvalue weighted by molar-refractivity contribution is -0.127. The van der Waals surface area contributed by atoms with Crippen molar-refractivity contribution in [2.45, 2.75) is 37.8 Å². The number of nitrogens with one attached hydrogen (secondary N) is 2. The van der Waals surface area contributed by atoms with Crippen LogP contribution < -0.4 is 14.8 Å². The Morgan fingerprint density at radius 2 is 1.73 bits per heavy atom. The second-order valence-electron chi connectivity index (χ2n) is 6.01. The van der Waals surface area contributed by atoms with Crippen LogP contribution in [0.1, 0.15) is 20.8 Å². The molecular weight excluding hydrogens is 420 g/mol. The third kappa shape index (κ3) is 5.74. The Morgan fingerprint density at radius 1 is 1.08 bits per heavy atom. The van der Waals surface area contributed by atoms with Crippen molar-refractivity contribution < 1.29 is 17.9 Å². The molecule has 2 rings (SSSR count). The van der Waals surface area contributed by atoms with Gasteiger partial charge >= 0.3 is 0 Å². The van der Waals surface area contributed by atoms with Gasteiger partial charge in [0.25, 0.3) is 15.9 Å². The third-order valence-electron chi connectivity index (χ3n) is 3.32. The summed E-state index contributed by atoms with van der Waals surface area (Å²) in [5.74, 6) is 0.186. The van der Waals surface area contributed by atoms with Crippen LogP contribution in [-0.2, 0) is 14.8 Å². The zero-order chi connectivity index (χ0) is 19.3. The van der Waals surface area contributed by atoms with E-state index >= 15 is 0 Å². The number of hydrogen-bond acceptors (Lipinski definition) is 4. The number of anilines is 1. The van der Waals surface area contributed by atoms with Crippen molar-refractivity contribution in [1.82, 2.24) is 5.32 Å². The van der Waals surface area contributed by atoms with Crippen LogP contribution in [0.2, 0.25) is 0 Å². The van der Waals surface area contributed by atoms with Gasteiger partial charge in [0, 0.05) is 16.2 Å². The molecule has 0 saturated heterocycles. The van der Waals surface area contributed by atoms with Gasteiger partial charge in [0.1, 0.15) is 5.75 Å². The van der Waals surface area contributed by atoms with E-state index in [0.29, 0.717) is 11.4 Å². The average molecular weight is 441 g/mol. The second-order valence-corrected chi connectivity index (χ2v) is 8.61. The van der Waals surface area contributed by atoms with Gasteiger partial charge in [-0.3, -0.25) is 9.52 Å². The molecule has 0 saturated carbocycles. The molecule has 6 nitrogen and oxygen atoms in total. The fourth-order valence-corrected chi connectivity index (χ4v) is 3.57. The lowest BCUT2D eigenvalue weighted by atomic mass is 10.3. The summed E-state index contributed by atoms with van der Waals surface area (Å²) in [5, 5.41) is 2.76. The smallest absolute Gasteiger partial charge is 0.261 e. The van der Waals surface area contributed by atoms with Crippen molar-refractivity contribution in [3.05, 3.63) is 53.0 Å². The van der Waals surface area contributed by atoms with Crippen LogP contribution in [-0.4, -0.2) is 26.5 Å². The van der Waals surface area contributed by atoms with Crippen molar-refractivity contribution in [1.29, 1.82) is 0 Å². The highest BCUT2D eigenvalue weighted by molar-refractivity contribution is 9.10. The summed E-state index contributed by atoms with van der Waals surface area (Å²) in [4.78, 5) is 12.0. The number of rotatable bonds is 7. The fraction of sp³-hybridized carbons (Fsp3) is 0.278. The molecule has 0 heterocycles. The summed E-state index contributed by atoms with van der Waals surface area (Å²) in [7, 11) is -3.71. The third-order valence-corrected chi connectivity index (χ3v) is 5.21. The summed E-state index contributed by atoms with van der Waals surface area (Å²) >= 11 is 3.30. The van der Waals surface area contributed by atoms with Crippen molar-refractivity contribution in [2.75, 3.05) is 4.72 Å². The highest BCUT2D eigenvalue weighted by Gasteiger charge is 2.17. The van der Waals surface area contributed by atoms with Crippen LogP contribution in [0.25, 0.3) is 0 Å². The van der Waals surface area contributed by atoms with Crippen LogP contribution in [0.5, 0.6) is 5.75 Å². The molecule has 0 radical (unpaired) electrons. The van der Waals surface area contributed by atoms with Crippen molar-refractivity contribution in [2.24, 2.45) is 0 Å². The zero-order valence-electron chi connectivity index (χ0n) is 14.7. The Morgan fingerprint density at radius 3 is 2.31 bits per heavy atom. The number of ether oxygens (including phenoxy) is 1. The maximum atomic E-state index is 12.4. The molecule has 2 aromatic rings. The van der Waals surface area contributed by atoms with Gasteiger partial charge in [-0.1, -0.05) is 22.0 Å². The van der Waals surface area contributed by atoms with Crippen molar-refractivity contribution >= 4 is 37.5 Å². The minimum absolute atomic E-state index is 0.0187. The Balaban J connectivity index is 2.07. The first-order chi connectivity index (χ1) is 12.2. The Bertz CT molecular complexity index is 867. The molecule has 0 fully saturated rings. The summed E-state index contributed by atoms with van der Waals surface area (Å²) < 4.78 is 33.7. The predicted molar refractivity (Wildman–Crippen MR) is 105 cm³/mol. The monoisotopic (exact) mass is 440 g/mol. The Kier molecular flexibility index (Phi) is 6.66. The van der Waals surface area contributed by atoms with Gasteiger partial charge in [-0.25, -0.2) is 8.42 Å². The van der Waals surface area contributed by atoms with E-state index in [1.54, 1.807) is 31.2 Å². The molecular formula is C18H21BrN2O4S. The summed E-state index contributed by atoms with van der Waals surface area (Å²) in [6, 6.07) is 12.8. The van der Waals surface area contributed by atoms with E-state index < -0.39 is 16.1 Å². The van der Waals surface area contributed by atoms with E-state index in [0.717, 1.165) is 4.47 Å². The molecule has 0 bridgehead atoms. The predicted octanol–water partition coefficient (Wildman–Crippen LogP) is 3.54. The number of hydrogen-bond donors (Lipinski definition) is 2. The van der Waals surface area contributed by atoms with E-state index in [2.05, 4.69) is 26.0 Å². The molecule has 0 spiro atoms. The quantitative estimate of drug-likeness (QED) is 0.689. The molecule has 0 aliphatic rings. The zero-order valence-corrected chi connectivity index (χ0v) is 17.1. The Labute approximate surface area is 162 Å². The van der Waals surface area contributed by atoms with Gasteiger partial charge < -0.3 is 10.1 Å². The first kappa shape index (κ1) is 20.3. The lowest BCUT2D eigenvalue weighted by Gasteiger charge is -2.16. The van der Waals surface area contributed by atoms with Crippen LogP contribution in [0.15, 0.2) is 57.9 Å². The molecule has 1 amide bonds. The molecule has 0 aromatic heterocycles. The lowest BCUT2D eigenvalue weighted by Crippen LogP contribution is -2.40. The van der Waals surface area contributed by atoms with Crippen LogP contribution >= 0.6 is 15.9 Å². The van der Waals surface area contributed by atoms with E-state index in [4.69, 9.17) is 4.74 Å². The molecule has 0 aliphatic carbocycles. The largest absolute Gasteiger partial charge is 0.481 e. The molecule has 2 aromatic carbocycles. The Hall–Kier alpha value is -2.06. The number of halogens is 1. The summed E-state index contributed by atoms with van der Waals surface area (Å²) in [6.45, 7) is 5.36. The van der Waals surface area contributed by atoms with Gasteiger partial charge in [0.2, 0.25) is 0 Å². The number of carbonyl (C=O) groups is 1. The molecule has 140 valence electrons. The maximum absolute atomic E-state index is 12.4. The SMILES string of the molecule is CC(C)NC(=O)[C@H](C)Oc1ccc(S(=O)(=O)Nc2cccc(Br)c2)cc1. The first-order valence-corrected chi connectivity index (χ1v) is 10.3. The standard InChI is InChI=1S/C18H21BrN2O4S/c1-12(2)20-18(22)13(3)25-16-7-9-17(10-8-16)26(23,24)21-15-6-4-5-14(19)11-15/h4-13,21H,1-3H3,(H,20,22)/t13-/m0/s1. The van der Waals surface area contributed by atoms with Gasteiger partial charge in [-0.05, 0) is 63.2 Å². The van der Waals surface area contributed by atoms with Crippen LogP contribution in [0.3, 0.4) is 0 Å². The first-order valence-electron chi connectivity index (χ1n) is 8.03. The van der Waals surface area contributed by atoms with E-state index in [-0.39, 0.29) is 16.8 Å². The minimum atomic E-state index is -3.71. The highest BCUT2D eigenvalue weighted by atomic mass is 79.9. The fourth-order valence-electron chi connectivity index (χ4n) is 2.12. The number of amides is 1. The van der Waals surface area contributed by atoms with Gasteiger partial charge in [0.05, 0.1) is 4.90 Å². The van der Waals surface area contributed by atoms with E-state index in [1.165, 1.54) is 24.3 Å². The molecule has 8 heteroatoms. The maximum Gasteiger partial charge on any atom is 0.261 e. The summed E-state index contributed by atoms with van der Waals surface area (Å²) in [6.07, 6.45) is -0.681. The van der Waals surface area contributed by atoms with Crippen LogP contribution in [0.4, 0.5) is 5.69 Å². The van der Waals surface area contributed by atoms with Crippen molar-refractivity contribution in [3.63, 3.8) is 0 Å².